The molecule has 1 unspecified atom stereocenters. The van der Waals surface area contributed by atoms with Crippen LogP contribution in [0.2, 0.25) is 5.02 Å². The third-order valence-corrected chi connectivity index (χ3v) is 7.23. The molecule has 6 heteroatoms. The van der Waals surface area contributed by atoms with Crippen LogP contribution in [0.4, 0.5) is 5.69 Å². The van der Waals surface area contributed by atoms with Gasteiger partial charge in [0, 0.05) is 23.0 Å². The summed E-state index contributed by atoms with van der Waals surface area (Å²) in [5.74, 6) is 0.560. The van der Waals surface area contributed by atoms with E-state index in [4.69, 9.17) is 11.6 Å². The normalized spacial score (nSPS) is 19.2. The van der Waals surface area contributed by atoms with Crippen LogP contribution in [-0.4, -0.2) is 23.4 Å². The number of hydrogen-bond acceptors (Lipinski definition) is 4. The molecule has 1 fully saturated rings. The lowest BCUT2D eigenvalue weighted by Crippen LogP contribution is -2.47. The summed E-state index contributed by atoms with van der Waals surface area (Å²) in [6.45, 7) is 4.54. The maximum absolute atomic E-state index is 13.0. The number of halogens is 1. The Kier molecular flexibility index (Phi) is 5.58. The fourth-order valence-electron chi connectivity index (χ4n) is 3.92. The van der Waals surface area contributed by atoms with Gasteiger partial charge in [-0.05, 0) is 42.2 Å². The number of anilines is 1. The lowest BCUT2D eigenvalue weighted by atomic mass is 9.86. The lowest BCUT2D eigenvalue weighted by molar-refractivity contribution is -0.129. The van der Waals surface area contributed by atoms with Crippen LogP contribution in [0.1, 0.15) is 36.0 Å². The number of rotatable bonds is 3. The molecule has 0 spiro atoms. The van der Waals surface area contributed by atoms with E-state index in [2.05, 4.69) is 42.2 Å². The Labute approximate surface area is 180 Å². The van der Waals surface area contributed by atoms with Gasteiger partial charge in [-0.1, -0.05) is 60.6 Å². The molecule has 0 saturated carbocycles. The maximum Gasteiger partial charge on any atom is 0.229 e. The van der Waals surface area contributed by atoms with Gasteiger partial charge >= 0.3 is 0 Å². The second-order valence-corrected chi connectivity index (χ2v) is 8.68. The Morgan fingerprint density at radius 3 is 2.69 bits per heavy atom. The van der Waals surface area contributed by atoms with Crippen LogP contribution in [-0.2, 0) is 11.2 Å². The van der Waals surface area contributed by atoms with E-state index in [9.17, 15) is 10.1 Å². The van der Waals surface area contributed by atoms with Crippen LogP contribution in [0.5, 0.6) is 0 Å². The molecule has 29 heavy (non-hydrogen) atoms. The number of nitrogens with zero attached hydrogens (tertiary/aromatic N) is 3. The van der Waals surface area contributed by atoms with Gasteiger partial charge in [0.15, 0.2) is 0 Å². The average Bonchev–Trinajstić information content (AvgIpc) is 2.75. The number of aryl methyl sites for hydroxylation is 1. The zero-order valence-corrected chi connectivity index (χ0v) is 18.1. The molecule has 0 bridgehead atoms. The van der Waals surface area contributed by atoms with E-state index in [1.54, 1.807) is 16.7 Å². The summed E-state index contributed by atoms with van der Waals surface area (Å²) in [5.41, 5.74) is 5.01. The van der Waals surface area contributed by atoms with Crippen molar-refractivity contribution in [3.63, 3.8) is 0 Å². The van der Waals surface area contributed by atoms with Gasteiger partial charge in [0.05, 0.1) is 29.2 Å². The molecule has 0 aliphatic carbocycles. The van der Waals surface area contributed by atoms with Gasteiger partial charge in [0.25, 0.3) is 0 Å². The Morgan fingerprint density at radius 2 is 2.00 bits per heavy atom. The SMILES string of the molecule is CCc1ccc(C2CC(=O)N3CN(c4cccc(Cl)c4C)CSC3=C2C#N)cc1. The van der Waals surface area contributed by atoms with Gasteiger partial charge in [-0.15, -0.1) is 0 Å². The Balaban J connectivity index is 1.66. The lowest BCUT2D eigenvalue weighted by Gasteiger charge is -2.42. The summed E-state index contributed by atoms with van der Waals surface area (Å²) in [4.78, 5) is 16.9. The van der Waals surface area contributed by atoms with Crippen LogP contribution in [0, 0.1) is 18.3 Å². The highest BCUT2D eigenvalue weighted by atomic mass is 35.5. The molecular weight excluding hydrogens is 402 g/mol. The van der Waals surface area contributed by atoms with Crippen molar-refractivity contribution in [3.05, 3.63) is 74.8 Å². The van der Waals surface area contributed by atoms with E-state index < -0.39 is 0 Å². The van der Waals surface area contributed by atoms with E-state index in [0.29, 0.717) is 29.6 Å². The third-order valence-electron chi connectivity index (χ3n) is 5.66. The van der Waals surface area contributed by atoms with Crippen molar-refractivity contribution in [3.8, 4) is 6.07 Å². The van der Waals surface area contributed by atoms with Crippen molar-refractivity contribution < 1.29 is 4.79 Å². The highest BCUT2D eigenvalue weighted by Crippen LogP contribution is 2.43. The number of hydrogen-bond donors (Lipinski definition) is 0. The molecule has 0 radical (unpaired) electrons. The van der Waals surface area contributed by atoms with Crippen LogP contribution >= 0.6 is 23.4 Å². The van der Waals surface area contributed by atoms with Crippen molar-refractivity contribution >= 4 is 35.0 Å². The molecule has 1 amide bonds. The first-order valence-corrected chi connectivity index (χ1v) is 11.1. The van der Waals surface area contributed by atoms with Gasteiger partial charge in [0.1, 0.15) is 0 Å². The molecule has 4 rings (SSSR count). The monoisotopic (exact) mass is 423 g/mol. The van der Waals surface area contributed by atoms with E-state index in [0.717, 1.165) is 28.3 Å². The Bertz CT molecular complexity index is 1030. The second-order valence-electron chi connectivity index (χ2n) is 7.34. The number of carbonyl (C=O) groups is 1. The summed E-state index contributed by atoms with van der Waals surface area (Å²) in [6, 6.07) is 16.5. The minimum Gasteiger partial charge on any atom is -0.343 e. The predicted octanol–water partition coefficient (Wildman–Crippen LogP) is 5.43. The summed E-state index contributed by atoms with van der Waals surface area (Å²) in [5, 5.41) is 11.4. The molecule has 2 heterocycles. The van der Waals surface area contributed by atoms with Crippen molar-refractivity contribution in [1.29, 1.82) is 5.26 Å². The predicted molar refractivity (Wildman–Crippen MR) is 119 cm³/mol. The van der Waals surface area contributed by atoms with Gasteiger partial charge in [0.2, 0.25) is 5.91 Å². The first kappa shape index (κ1) is 19.9. The van der Waals surface area contributed by atoms with Crippen molar-refractivity contribution in [2.75, 3.05) is 17.4 Å². The van der Waals surface area contributed by atoms with E-state index in [1.807, 2.05) is 25.1 Å². The van der Waals surface area contributed by atoms with Crippen LogP contribution in [0.15, 0.2) is 53.1 Å². The third kappa shape index (κ3) is 3.63. The molecule has 4 nitrogen and oxygen atoms in total. The van der Waals surface area contributed by atoms with Gasteiger partial charge in [-0.25, -0.2) is 0 Å². The zero-order valence-electron chi connectivity index (χ0n) is 16.5. The minimum absolute atomic E-state index is 0.0560. The molecule has 2 aromatic rings. The summed E-state index contributed by atoms with van der Waals surface area (Å²) < 4.78 is 0. The second kappa shape index (κ2) is 8.14. The topological polar surface area (TPSA) is 47.3 Å². The highest BCUT2D eigenvalue weighted by Gasteiger charge is 2.38. The average molecular weight is 424 g/mol. The fourth-order valence-corrected chi connectivity index (χ4v) is 5.25. The Morgan fingerprint density at radius 1 is 1.24 bits per heavy atom. The molecule has 2 aromatic carbocycles. The molecule has 0 N–H and O–H groups in total. The number of nitriles is 1. The molecule has 0 aromatic heterocycles. The van der Waals surface area contributed by atoms with Crippen LogP contribution < -0.4 is 4.90 Å². The van der Waals surface area contributed by atoms with Gasteiger partial charge in [-0.2, -0.15) is 5.26 Å². The number of amides is 1. The molecule has 2 aliphatic heterocycles. The van der Waals surface area contributed by atoms with Crippen LogP contribution in [0.3, 0.4) is 0 Å². The Hall–Kier alpha value is -2.42. The standard InChI is InChI=1S/C23H22ClN3OS/c1-3-16-7-9-17(10-8-16)18-11-22(28)27-13-26(14-29-23(27)19(18)12-25)21-6-4-5-20(24)15(21)2/h4-10,18H,3,11,13-14H2,1-2H3. The van der Waals surface area contributed by atoms with Crippen molar-refractivity contribution in [2.24, 2.45) is 0 Å². The fraction of sp³-hybridized carbons (Fsp3) is 0.304. The molecule has 2 aliphatic rings. The highest BCUT2D eigenvalue weighted by molar-refractivity contribution is 8.03. The van der Waals surface area contributed by atoms with E-state index in [-0.39, 0.29) is 11.8 Å². The minimum atomic E-state index is -0.170. The smallest absolute Gasteiger partial charge is 0.229 e. The van der Waals surface area contributed by atoms with Crippen molar-refractivity contribution in [2.45, 2.75) is 32.6 Å². The molecule has 1 atom stereocenters. The number of thioether (sulfide) groups is 1. The largest absolute Gasteiger partial charge is 0.343 e. The van der Waals surface area contributed by atoms with Crippen molar-refractivity contribution in [1.82, 2.24) is 4.90 Å². The molecule has 1 saturated heterocycles. The van der Waals surface area contributed by atoms with Gasteiger partial charge < -0.3 is 4.90 Å². The number of allylic oxidation sites excluding steroid dienone is 1. The van der Waals surface area contributed by atoms with E-state index >= 15 is 0 Å². The first-order valence-electron chi connectivity index (χ1n) is 9.69. The number of fused-ring (bicyclic) bond motifs is 1. The summed E-state index contributed by atoms with van der Waals surface area (Å²) in [7, 11) is 0. The zero-order chi connectivity index (χ0) is 20.5. The maximum atomic E-state index is 13.0. The van der Waals surface area contributed by atoms with E-state index in [1.165, 1.54) is 5.56 Å². The summed E-state index contributed by atoms with van der Waals surface area (Å²) >= 11 is 7.84. The number of benzene rings is 2. The molecular formula is C23H22ClN3OS. The van der Waals surface area contributed by atoms with Gasteiger partial charge in [-0.3, -0.25) is 9.69 Å². The molecule has 148 valence electrons. The quantitative estimate of drug-likeness (QED) is 0.660. The van der Waals surface area contributed by atoms with Crippen LogP contribution in [0.25, 0.3) is 0 Å². The summed E-state index contributed by atoms with van der Waals surface area (Å²) in [6.07, 6.45) is 1.29. The first-order chi connectivity index (χ1) is 14.0. The number of carbonyl (C=O) groups excluding carboxylic acids is 1.